The number of hydrogen-bond acceptors (Lipinski definition) is 2. The van der Waals surface area contributed by atoms with E-state index in [2.05, 4.69) is 15.9 Å². The highest BCUT2D eigenvalue weighted by atomic mass is 79.9. The zero-order valence-electron chi connectivity index (χ0n) is 10.4. The lowest BCUT2D eigenvalue weighted by molar-refractivity contribution is -0.157. The van der Waals surface area contributed by atoms with Crippen molar-refractivity contribution in [2.24, 2.45) is 5.92 Å². The lowest BCUT2D eigenvalue weighted by Crippen LogP contribution is -2.46. The van der Waals surface area contributed by atoms with Crippen LogP contribution in [-0.2, 0) is 4.74 Å². The minimum absolute atomic E-state index is 0.110. The van der Waals surface area contributed by atoms with Crippen LogP contribution in [0.2, 0.25) is 0 Å². The van der Waals surface area contributed by atoms with Gasteiger partial charge < -0.3 is 9.84 Å². The maximum Gasteiger partial charge on any atom is 0.0820 e. The van der Waals surface area contributed by atoms with Crippen molar-refractivity contribution in [1.29, 1.82) is 0 Å². The van der Waals surface area contributed by atoms with E-state index in [-0.39, 0.29) is 11.7 Å². The first-order valence-electron chi connectivity index (χ1n) is 6.76. The first-order valence-corrected chi connectivity index (χ1v) is 7.55. The molecule has 1 aliphatic heterocycles. The van der Waals surface area contributed by atoms with E-state index in [1.54, 1.807) is 0 Å². The maximum absolute atomic E-state index is 10.5. The first kappa shape index (κ1) is 12.6. The molecule has 3 rings (SSSR count). The highest BCUT2D eigenvalue weighted by Gasteiger charge is 2.44. The Hall–Kier alpha value is -0.380. The third-order valence-corrected chi connectivity index (χ3v) is 4.98. The van der Waals surface area contributed by atoms with Crippen molar-refractivity contribution in [3.8, 4) is 0 Å². The van der Waals surface area contributed by atoms with Crippen LogP contribution in [0.3, 0.4) is 0 Å². The molecule has 2 nitrogen and oxygen atoms in total. The van der Waals surface area contributed by atoms with Gasteiger partial charge in [0, 0.05) is 11.1 Å². The third-order valence-electron chi connectivity index (χ3n) is 4.45. The molecule has 0 amide bonds. The lowest BCUT2D eigenvalue weighted by Gasteiger charge is -2.48. The second-order valence-corrected chi connectivity index (χ2v) is 6.55. The Bertz CT molecular complexity index is 411. The van der Waals surface area contributed by atoms with Crippen LogP contribution in [0.4, 0.5) is 0 Å². The van der Waals surface area contributed by atoms with Crippen LogP contribution in [0.15, 0.2) is 28.7 Å². The molecule has 1 aliphatic carbocycles. The van der Waals surface area contributed by atoms with Crippen LogP contribution in [0.5, 0.6) is 0 Å². The number of hydrogen-bond donors (Lipinski definition) is 1. The fraction of sp³-hybridized carbons (Fsp3) is 0.600. The molecule has 2 fully saturated rings. The van der Waals surface area contributed by atoms with Crippen molar-refractivity contribution >= 4 is 15.9 Å². The number of halogens is 1. The molecular weight excluding hydrogens is 292 g/mol. The predicted molar refractivity (Wildman–Crippen MR) is 74.4 cm³/mol. The Morgan fingerprint density at radius 3 is 2.61 bits per heavy atom. The molecule has 0 bridgehead atoms. The van der Waals surface area contributed by atoms with Gasteiger partial charge in [0.2, 0.25) is 0 Å². The van der Waals surface area contributed by atoms with E-state index in [1.807, 2.05) is 24.3 Å². The van der Waals surface area contributed by atoms with E-state index < -0.39 is 0 Å². The van der Waals surface area contributed by atoms with Gasteiger partial charge in [0.15, 0.2) is 0 Å². The van der Waals surface area contributed by atoms with Crippen molar-refractivity contribution in [3.63, 3.8) is 0 Å². The van der Waals surface area contributed by atoms with Gasteiger partial charge in [-0.05, 0) is 55.7 Å². The summed E-state index contributed by atoms with van der Waals surface area (Å²) in [7, 11) is 0. The molecule has 98 valence electrons. The average Bonchev–Trinajstić information content (AvgIpc) is 2.37. The largest absolute Gasteiger partial charge is 0.388 e. The molecule has 1 aromatic carbocycles. The minimum Gasteiger partial charge on any atom is -0.388 e. The molecule has 1 aromatic rings. The molecule has 1 heterocycles. The molecule has 3 heteroatoms. The van der Waals surface area contributed by atoms with Gasteiger partial charge in [-0.2, -0.15) is 0 Å². The summed E-state index contributed by atoms with van der Waals surface area (Å²) in [6, 6.07) is 8.02. The van der Waals surface area contributed by atoms with Crippen LogP contribution in [-0.4, -0.2) is 17.3 Å². The maximum atomic E-state index is 10.5. The Kier molecular flexibility index (Phi) is 3.48. The fourth-order valence-corrected chi connectivity index (χ4v) is 3.45. The van der Waals surface area contributed by atoms with Gasteiger partial charge in [-0.25, -0.2) is 0 Å². The van der Waals surface area contributed by atoms with E-state index >= 15 is 0 Å². The molecule has 2 atom stereocenters. The fourth-order valence-electron chi connectivity index (χ4n) is 3.19. The molecule has 1 N–H and O–H groups in total. The summed E-state index contributed by atoms with van der Waals surface area (Å²) in [6.07, 6.45) is 5.27. The molecule has 1 saturated carbocycles. The second kappa shape index (κ2) is 4.95. The molecule has 1 saturated heterocycles. The number of aliphatic hydroxyl groups is 1. The minimum atomic E-state index is -0.348. The van der Waals surface area contributed by atoms with Gasteiger partial charge in [0.1, 0.15) is 0 Å². The molecule has 18 heavy (non-hydrogen) atoms. The lowest BCUT2D eigenvalue weighted by atomic mass is 9.70. The molecule has 0 radical (unpaired) electrons. The SMILES string of the molecule is OC(c1ccc(Br)cc1)C1CCOC2(CCC2)C1. The van der Waals surface area contributed by atoms with E-state index in [1.165, 1.54) is 19.3 Å². The highest BCUT2D eigenvalue weighted by molar-refractivity contribution is 9.10. The zero-order chi connectivity index (χ0) is 12.6. The van der Waals surface area contributed by atoms with Crippen LogP contribution in [0, 0.1) is 5.92 Å². The Morgan fingerprint density at radius 1 is 1.28 bits per heavy atom. The van der Waals surface area contributed by atoms with E-state index in [0.29, 0.717) is 5.92 Å². The van der Waals surface area contributed by atoms with E-state index in [9.17, 15) is 5.11 Å². The average molecular weight is 311 g/mol. The molecule has 0 aromatic heterocycles. The van der Waals surface area contributed by atoms with Crippen molar-refractivity contribution in [3.05, 3.63) is 34.3 Å². The number of benzene rings is 1. The second-order valence-electron chi connectivity index (χ2n) is 5.63. The van der Waals surface area contributed by atoms with Crippen molar-refractivity contribution < 1.29 is 9.84 Å². The van der Waals surface area contributed by atoms with Gasteiger partial charge in [0.25, 0.3) is 0 Å². The number of ether oxygens (including phenoxy) is 1. The van der Waals surface area contributed by atoms with Crippen molar-refractivity contribution in [1.82, 2.24) is 0 Å². The molecular formula is C15H19BrO2. The smallest absolute Gasteiger partial charge is 0.0820 e. The summed E-state index contributed by atoms with van der Waals surface area (Å²) in [5, 5.41) is 10.5. The Morgan fingerprint density at radius 2 is 2.00 bits per heavy atom. The molecule has 1 spiro atoms. The standard InChI is InChI=1S/C15H19BrO2/c16-13-4-2-11(3-5-13)14(17)12-6-9-18-15(10-12)7-1-8-15/h2-5,12,14,17H,1,6-10H2. The van der Waals surface area contributed by atoms with Gasteiger partial charge in [-0.3, -0.25) is 0 Å². The van der Waals surface area contributed by atoms with Gasteiger partial charge in [-0.15, -0.1) is 0 Å². The molecule has 2 unspecified atom stereocenters. The third kappa shape index (κ3) is 2.36. The predicted octanol–water partition coefficient (Wildman–Crippen LogP) is 3.83. The summed E-state index contributed by atoms with van der Waals surface area (Å²) >= 11 is 3.43. The summed E-state index contributed by atoms with van der Waals surface area (Å²) in [5.74, 6) is 0.347. The quantitative estimate of drug-likeness (QED) is 0.899. The highest BCUT2D eigenvalue weighted by Crippen LogP contribution is 2.47. The summed E-state index contributed by atoms with van der Waals surface area (Å²) in [5.41, 5.74) is 1.14. The van der Waals surface area contributed by atoms with Crippen LogP contribution >= 0.6 is 15.9 Å². The number of aliphatic hydroxyl groups excluding tert-OH is 1. The van der Waals surface area contributed by atoms with Gasteiger partial charge >= 0.3 is 0 Å². The van der Waals surface area contributed by atoms with Crippen molar-refractivity contribution in [2.75, 3.05) is 6.61 Å². The summed E-state index contributed by atoms with van der Waals surface area (Å²) in [6.45, 7) is 0.804. The van der Waals surface area contributed by atoms with Crippen LogP contribution < -0.4 is 0 Å². The topological polar surface area (TPSA) is 29.5 Å². The Labute approximate surface area is 116 Å². The Balaban J connectivity index is 1.71. The van der Waals surface area contributed by atoms with E-state index in [4.69, 9.17) is 4.74 Å². The monoisotopic (exact) mass is 310 g/mol. The summed E-state index contributed by atoms with van der Waals surface area (Å²) < 4.78 is 6.97. The van der Waals surface area contributed by atoms with E-state index in [0.717, 1.165) is 29.5 Å². The normalized spacial score (nSPS) is 27.8. The van der Waals surface area contributed by atoms with Gasteiger partial charge in [0.05, 0.1) is 11.7 Å². The number of rotatable bonds is 2. The molecule has 2 aliphatic rings. The first-order chi connectivity index (χ1) is 8.69. The summed E-state index contributed by atoms with van der Waals surface area (Å²) in [4.78, 5) is 0. The van der Waals surface area contributed by atoms with Crippen LogP contribution in [0.25, 0.3) is 0 Å². The van der Waals surface area contributed by atoms with Crippen molar-refractivity contribution in [2.45, 2.75) is 43.8 Å². The van der Waals surface area contributed by atoms with Gasteiger partial charge in [-0.1, -0.05) is 28.1 Å². The van der Waals surface area contributed by atoms with Crippen LogP contribution in [0.1, 0.15) is 43.8 Å². The zero-order valence-corrected chi connectivity index (χ0v) is 12.0.